The summed E-state index contributed by atoms with van der Waals surface area (Å²) in [5.74, 6) is -0.196. The lowest BCUT2D eigenvalue weighted by Gasteiger charge is -2.01. The van der Waals surface area contributed by atoms with Crippen molar-refractivity contribution < 1.29 is 21.6 Å². The smallest absolute Gasteiger partial charge is 0.246 e. The lowest BCUT2D eigenvalue weighted by atomic mass is 10.4. The Morgan fingerprint density at radius 3 is 2.70 bits per heavy atom. The number of hydrogen-bond acceptors (Lipinski definition) is 5. The minimum atomic E-state index is -4.55. The van der Waals surface area contributed by atoms with Crippen LogP contribution in [0.5, 0.6) is 0 Å². The van der Waals surface area contributed by atoms with E-state index in [9.17, 15) is 21.6 Å². The Labute approximate surface area is 116 Å². The van der Waals surface area contributed by atoms with E-state index in [0.717, 1.165) is 22.3 Å². The maximum absolute atomic E-state index is 12.6. The summed E-state index contributed by atoms with van der Waals surface area (Å²) in [7, 11) is -3.62. The number of hydrogen-bond donors (Lipinski definition) is 1. The molecule has 0 bridgehead atoms. The van der Waals surface area contributed by atoms with Gasteiger partial charge in [-0.2, -0.15) is 18.3 Å². The Morgan fingerprint density at radius 2 is 2.10 bits per heavy atom. The molecule has 0 radical (unpaired) electrons. The third-order valence-corrected chi connectivity index (χ3v) is 4.28. The van der Waals surface area contributed by atoms with Gasteiger partial charge in [-0.1, -0.05) is 0 Å². The maximum Gasteiger partial charge on any atom is 0.435 e. The SMILES string of the molecule is NS(=O)(=O)CCSc1nccn2nc(C(F)(F)F)cc12. The van der Waals surface area contributed by atoms with E-state index in [2.05, 4.69) is 10.1 Å². The monoisotopic (exact) mass is 326 g/mol. The van der Waals surface area contributed by atoms with Crippen LogP contribution in [0.4, 0.5) is 13.2 Å². The van der Waals surface area contributed by atoms with Crippen LogP contribution in [0, 0.1) is 0 Å². The number of sulfonamides is 1. The zero-order valence-electron chi connectivity index (χ0n) is 9.83. The molecule has 110 valence electrons. The number of halogens is 3. The largest absolute Gasteiger partial charge is 0.435 e. The number of rotatable bonds is 4. The molecule has 2 N–H and O–H groups in total. The first-order valence-corrected chi connectivity index (χ1v) is 7.92. The van der Waals surface area contributed by atoms with Gasteiger partial charge in [-0.3, -0.25) is 0 Å². The van der Waals surface area contributed by atoms with E-state index < -0.39 is 21.9 Å². The second kappa shape index (κ2) is 5.22. The summed E-state index contributed by atoms with van der Waals surface area (Å²) >= 11 is 1.00. The van der Waals surface area contributed by atoms with Gasteiger partial charge in [0.1, 0.15) is 5.03 Å². The molecule has 0 saturated heterocycles. The van der Waals surface area contributed by atoms with E-state index in [1.807, 2.05) is 0 Å². The molecule has 0 spiro atoms. The topological polar surface area (TPSA) is 90.4 Å². The molecule has 11 heteroatoms. The highest BCUT2D eigenvalue weighted by atomic mass is 32.2. The number of primary sulfonamides is 1. The summed E-state index contributed by atoms with van der Waals surface area (Å²) < 4.78 is 60.3. The lowest BCUT2D eigenvalue weighted by molar-refractivity contribution is -0.141. The van der Waals surface area contributed by atoms with E-state index in [-0.39, 0.29) is 22.0 Å². The third-order valence-electron chi connectivity index (χ3n) is 2.25. The van der Waals surface area contributed by atoms with Gasteiger partial charge in [-0.15, -0.1) is 11.8 Å². The quantitative estimate of drug-likeness (QED) is 0.851. The molecule has 0 aliphatic heterocycles. The van der Waals surface area contributed by atoms with Crippen LogP contribution in [0.25, 0.3) is 5.52 Å². The van der Waals surface area contributed by atoms with Gasteiger partial charge in [-0.25, -0.2) is 23.1 Å². The van der Waals surface area contributed by atoms with Crippen LogP contribution < -0.4 is 5.14 Å². The van der Waals surface area contributed by atoms with Crippen LogP contribution in [0.1, 0.15) is 5.69 Å². The Morgan fingerprint density at radius 1 is 1.40 bits per heavy atom. The molecule has 0 atom stereocenters. The Hall–Kier alpha value is -1.33. The normalized spacial score (nSPS) is 13.0. The van der Waals surface area contributed by atoms with Crippen LogP contribution in [0.15, 0.2) is 23.5 Å². The van der Waals surface area contributed by atoms with Crippen molar-refractivity contribution in [2.75, 3.05) is 11.5 Å². The zero-order valence-corrected chi connectivity index (χ0v) is 11.5. The van der Waals surface area contributed by atoms with Gasteiger partial charge >= 0.3 is 6.18 Å². The maximum atomic E-state index is 12.6. The molecule has 2 rings (SSSR count). The summed E-state index contributed by atoms with van der Waals surface area (Å²) in [5, 5.41) is 8.51. The van der Waals surface area contributed by atoms with Gasteiger partial charge in [-0.05, 0) is 6.07 Å². The molecule has 0 aromatic carbocycles. The van der Waals surface area contributed by atoms with Crippen molar-refractivity contribution in [2.45, 2.75) is 11.2 Å². The van der Waals surface area contributed by atoms with Crippen molar-refractivity contribution in [3.63, 3.8) is 0 Å². The van der Waals surface area contributed by atoms with E-state index in [1.54, 1.807) is 0 Å². The van der Waals surface area contributed by atoms with Crippen molar-refractivity contribution in [3.05, 3.63) is 24.2 Å². The molecule has 0 aliphatic carbocycles. The van der Waals surface area contributed by atoms with Gasteiger partial charge in [0, 0.05) is 18.1 Å². The molecule has 20 heavy (non-hydrogen) atoms. The summed E-state index contributed by atoms with van der Waals surface area (Å²) in [4.78, 5) is 3.92. The number of aromatic nitrogens is 3. The Balaban J connectivity index is 2.28. The first-order chi connectivity index (χ1) is 9.17. The summed E-state index contributed by atoms with van der Waals surface area (Å²) in [5.41, 5.74) is -0.863. The van der Waals surface area contributed by atoms with Crippen LogP contribution in [-0.4, -0.2) is 34.5 Å². The van der Waals surface area contributed by atoms with Gasteiger partial charge < -0.3 is 0 Å². The number of thioether (sulfide) groups is 1. The molecule has 6 nitrogen and oxygen atoms in total. The number of nitrogens with two attached hydrogens (primary N) is 1. The number of nitrogens with zero attached hydrogens (tertiary/aromatic N) is 3. The fourth-order valence-corrected chi connectivity index (χ4v) is 3.29. The molecule has 2 aromatic rings. The highest BCUT2D eigenvalue weighted by Gasteiger charge is 2.34. The first-order valence-electron chi connectivity index (χ1n) is 5.22. The second-order valence-corrected chi connectivity index (χ2v) is 6.62. The Bertz CT molecular complexity index is 726. The molecule has 0 unspecified atom stereocenters. The highest BCUT2D eigenvalue weighted by Crippen LogP contribution is 2.31. The van der Waals surface area contributed by atoms with Crippen molar-refractivity contribution in [2.24, 2.45) is 5.14 Å². The van der Waals surface area contributed by atoms with E-state index in [0.29, 0.717) is 0 Å². The fraction of sp³-hybridized carbons (Fsp3) is 0.333. The molecular weight excluding hydrogens is 317 g/mol. The minimum absolute atomic E-state index is 0.0953. The molecule has 0 saturated carbocycles. The van der Waals surface area contributed by atoms with Crippen LogP contribution in [-0.2, 0) is 16.2 Å². The molecule has 0 aliphatic rings. The fourth-order valence-electron chi connectivity index (χ4n) is 1.40. The van der Waals surface area contributed by atoms with Gasteiger partial charge in [0.05, 0.1) is 11.3 Å². The van der Waals surface area contributed by atoms with Gasteiger partial charge in [0.15, 0.2) is 5.69 Å². The van der Waals surface area contributed by atoms with Crippen molar-refractivity contribution in [1.29, 1.82) is 0 Å². The van der Waals surface area contributed by atoms with Crippen molar-refractivity contribution in [3.8, 4) is 0 Å². The average molecular weight is 326 g/mol. The first kappa shape index (κ1) is 15.1. The van der Waals surface area contributed by atoms with Crippen LogP contribution >= 0.6 is 11.8 Å². The Kier molecular flexibility index (Phi) is 3.93. The van der Waals surface area contributed by atoms with E-state index in [1.165, 1.54) is 12.4 Å². The predicted octanol–water partition coefficient (Wildman–Crippen LogP) is 1.13. The third kappa shape index (κ3) is 3.61. The molecular formula is C9H9F3N4O2S2. The average Bonchev–Trinajstić information content (AvgIpc) is 2.71. The molecule has 0 fully saturated rings. The molecule has 2 aromatic heterocycles. The summed E-state index contributed by atoms with van der Waals surface area (Å²) in [6, 6.07) is 0.867. The summed E-state index contributed by atoms with van der Waals surface area (Å²) in [6.45, 7) is 0. The van der Waals surface area contributed by atoms with Crippen molar-refractivity contribution >= 4 is 27.3 Å². The predicted molar refractivity (Wildman–Crippen MR) is 66.7 cm³/mol. The van der Waals surface area contributed by atoms with Crippen molar-refractivity contribution in [1.82, 2.24) is 14.6 Å². The highest BCUT2D eigenvalue weighted by molar-refractivity contribution is 8.00. The second-order valence-electron chi connectivity index (χ2n) is 3.80. The molecule has 2 heterocycles. The standard InChI is InChI=1S/C9H9F3N4O2S2/c10-9(11,12)7-5-6-8(14-1-2-16(6)15-7)19-3-4-20(13,17)18/h1-2,5H,3-4H2,(H2,13,17,18). The minimum Gasteiger partial charge on any atom is -0.246 e. The van der Waals surface area contributed by atoms with Gasteiger partial charge in [0.25, 0.3) is 0 Å². The van der Waals surface area contributed by atoms with Crippen LogP contribution in [0.3, 0.4) is 0 Å². The van der Waals surface area contributed by atoms with Crippen LogP contribution in [0.2, 0.25) is 0 Å². The van der Waals surface area contributed by atoms with E-state index >= 15 is 0 Å². The summed E-state index contributed by atoms with van der Waals surface area (Å²) in [6.07, 6.45) is -1.97. The van der Waals surface area contributed by atoms with Gasteiger partial charge in [0.2, 0.25) is 10.0 Å². The lowest BCUT2D eigenvalue weighted by Crippen LogP contribution is -2.17. The number of alkyl halides is 3. The molecule has 0 amide bonds. The van der Waals surface area contributed by atoms with E-state index in [4.69, 9.17) is 5.14 Å². The zero-order chi connectivity index (χ0) is 15.0. The number of fused-ring (bicyclic) bond motifs is 1.